The van der Waals surface area contributed by atoms with Crippen molar-refractivity contribution in [3.05, 3.63) is 36.2 Å². The van der Waals surface area contributed by atoms with Crippen LogP contribution in [-0.4, -0.2) is 21.7 Å². The minimum atomic E-state index is -1.11. The van der Waals surface area contributed by atoms with Gasteiger partial charge in [0.15, 0.2) is 5.69 Å². The molecular formula is C14H15NO4. The highest BCUT2D eigenvalue weighted by Crippen LogP contribution is 2.24. The Morgan fingerprint density at radius 1 is 1.26 bits per heavy atom. The number of ether oxygens (including phenoxy) is 1. The van der Waals surface area contributed by atoms with Gasteiger partial charge in [-0.1, -0.05) is 0 Å². The molecule has 0 aliphatic carbocycles. The molecule has 0 aliphatic heterocycles. The fraction of sp³-hybridized carbons (Fsp3) is 0.286. The van der Waals surface area contributed by atoms with Crippen molar-refractivity contribution < 1.29 is 19.1 Å². The van der Waals surface area contributed by atoms with Crippen LogP contribution < -0.4 is 4.74 Å². The zero-order chi connectivity index (χ0) is 14.0. The van der Waals surface area contributed by atoms with Gasteiger partial charge in [-0.15, -0.1) is 0 Å². The Morgan fingerprint density at radius 3 is 2.37 bits per heavy atom. The zero-order valence-corrected chi connectivity index (χ0v) is 11.0. The van der Waals surface area contributed by atoms with E-state index >= 15 is 0 Å². The number of hydrogen-bond donors (Lipinski definition) is 1. The number of rotatable bonds is 3. The number of carboxylic acids is 1. The van der Waals surface area contributed by atoms with Gasteiger partial charge in [0.25, 0.3) is 0 Å². The Morgan fingerprint density at radius 2 is 1.89 bits per heavy atom. The molecule has 100 valence electrons. The van der Waals surface area contributed by atoms with Gasteiger partial charge >= 0.3 is 5.97 Å². The van der Waals surface area contributed by atoms with Crippen molar-refractivity contribution in [3.63, 3.8) is 0 Å². The van der Waals surface area contributed by atoms with Crippen LogP contribution in [0.2, 0.25) is 0 Å². The molecule has 0 bridgehead atoms. The molecule has 0 saturated carbocycles. The molecule has 5 heteroatoms. The second-order valence-electron chi connectivity index (χ2n) is 5.08. The van der Waals surface area contributed by atoms with Gasteiger partial charge in [-0.05, 0) is 45.0 Å². The van der Waals surface area contributed by atoms with Crippen molar-refractivity contribution in [2.45, 2.75) is 26.4 Å². The van der Waals surface area contributed by atoms with E-state index in [1.165, 1.54) is 0 Å². The molecule has 0 atom stereocenters. The molecule has 1 N–H and O–H groups in total. The van der Waals surface area contributed by atoms with Crippen molar-refractivity contribution in [2.75, 3.05) is 0 Å². The molecule has 1 heterocycles. The minimum absolute atomic E-state index is 0.106. The first-order valence-corrected chi connectivity index (χ1v) is 5.83. The summed E-state index contributed by atoms with van der Waals surface area (Å²) in [5.74, 6) is -0.0938. The Bertz CT molecular complexity index is 578. The van der Waals surface area contributed by atoms with Crippen molar-refractivity contribution in [2.24, 2.45) is 0 Å². The molecule has 0 saturated heterocycles. The summed E-state index contributed by atoms with van der Waals surface area (Å²) in [7, 11) is 0. The normalized spacial score (nSPS) is 11.3. The maximum atomic E-state index is 10.7. The van der Waals surface area contributed by atoms with Crippen LogP contribution in [0, 0.1) is 0 Å². The lowest BCUT2D eigenvalue weighted by atomic mass is 10.1. The first kappa shape index (κ1) is 13.1. The predicted molar refractivity (Wildman–Crippen MR) is 69.3 cm³/mol. The van der Waals surface area contributed by atoms with E-state index in [9.17, 15) is 4.79 Å². The van der Waals surface area contributed by atoms with Crippen LogP contribution in [0.25, 0.3) is 11.5 Å². The Balaban J connectivity index is 2.20. The Hall–Kier alpha value is -2.30. The molecule has 1 aromatic carbocycles. The van der Waals surface area contributed by atoms with Crippen molar-refractivity contribution in [3.8, 4) is 17.2 Å². The average Bonchev–Trinajstić information content (AvgIpc) is 2.77. The van der Waals surface area contributed by atoms with Gasteiger partial charge < -0.3 is 14.3 Å². The molecule has 0 radical (unpaired) electrons. The molecule has 2 rings (SSSR count). The quantitative estimate of drug-likeness (QED) is 0.918. The number of oxazole rings is 1. The van der Waals surface area contributed by atoms with E-state index in [0.717, 1.165) is 12.0 Å². The maximum Gasteiger partial charge on any atom is 0.357 e. The van der Waals surface area contributed by atoms with Crippen molar-refractivity contribution in [1.29, 1.82) is 0 Å². The number of benzene rings is 1. The molecule has 0 amide bonds. The predicted octanol–water partition coefficient (Wildman–Crippen LogP) is 3.22. The highest BCUT2D eigenvalue weighted by Gasteiger charge is 2.14. The van der Waals surface area contributed by atoms with Crippen LogP contribution in [0.15, 0.2) is 34.9 Å². The summed E-state index contributed by atoms with van der Waals surface area (Å²) < 4.78 is 10.8. The first-order chi connectivity index (χ1) is 8.85. The summed E-state index contributed by atoms with van der Waals surface area (Å²) in [4.78, 5) is 14.6. The van der Waals surface area contributed by atoms with E-state index in [4.69, 9.17) is 14.3 Å². The lowest BCUT2D eigenvalue weighted by molar-refractivity contribution is 0.0690. The SMILES string of the molecule is CC(C)(C)Oc1ccc(-c2nc(C(=O)O)co2)cc1. The van der Waals surface area contributed by atoms with Crippen LogP contribution in [0.4, 0.5) is 0 Å². The summed E-state index contributed by atoms with van der Waals surface area (Å²) in [5.41, 5.74) is 0.333. The number of nitrogens with zero attached hydrogens (tertiary/aromatic N) is 1. The van der Waals surface area contributed by atoms with Crippen molar-refractivity contribution >= 4 is 5.97 Å². The summed E-state index contributed by atoms with van der Waals surface area (Å²) >= 11 is 0. The minimum Gasteiger partial charge on any atom is -0.488 e. The van der Waals surface area contributed by atoms with E-state index in [0.29, 0.717) is 5.56 Å². The third-order valence-electron chi connectivity index (χ3n) is 2.25. The van der Waals surface area contributed by atoms with Gasteiger partial charge in [-0.3, -0.25) is 0 Å². The molecule has 2 aromatic rings. The van der Waals surface area contributed by atoms with Crippen LogP contribution in [-0.2, 0) is 0 Å². The molecule has 19 heavy (non-hydrogen) atoms. The van der Waals surface area contributed by atoms with E-state index in [1.54, 1.807) is 24.3 Å². The van der Waals surface area contributed by atoms with E-state index < -0.39 is 5.97 Å². The van der Waals surface area contributed by atoms with Gasteiger partial charge in [0.05, 0.1) is 0 Å². The zero-order valence-electron chi connectivity index (χ0n) is 11.0. The second-order valence-corrected chi connectivity index (χ2v) is 5.08. The summed E-state index contributed by atoms with van der Waals surface area (Å²) in [6.45, 7) is 5.90. The Kier molecular flexibility index (Phi) is 3.29. The molecule has 0 aliphatic rings. The van der Waals surface area contributed by atoms with Gasteiger partial charge in [-0.25, -0.2) is 9.78 Å². The number of aromatic carboxylic acids is 1. The van der Waals surface area contributed by atoms with Crippen LogP contribution in [0.1, 0.15) is 31.3 Å². The second kappa shape index (κ2) is 4.76. The largest absolute Gasteiger partial charge is 0.488 e. The average molecular weight is 261 g/mol. The number of carboxylic acid groups (broad SMARTS) is 1. The van der Waals surface area contributed by atoms with Crippen LogP contribution in [0.3, 0.4) is 0 Å². The van der Waals surface area contributed by atoms with Crippen LogP contribution in [0.5, 0.6) is 5.75 Å². The van der Waals surface area contributed by atoms with Crippen LogP contribution >= 0.6 is 0 Å². The standard InChI is InChI=1S/C14H15NO4/c1-14(2,3)19-10-6-4-9(5-7-10)12-15-11(8-18-12)13(16)17/h4-8H,1-3H3,(H,16,17). The molecule has 0 spiro atoms. The molecule has 0 unspecified atom stereocenters. The fourth-order valence-corrected chi connectivity index (χ4v) is 1.52. The molecule has 1 aromatic heterocycles. The topological polar surface area (TPSA) is 72.6 Å². The van der Waals surface area contributed by atoms with Gasteiger partial charge in [-0.2, -0.15) is 0 Å². The molecule has 0 fully saturated rings. The summed E-state index contributed by atoms with van der Waals surface area (Å²) in [6, 6.07) is 7.15. The number of aromatic nitrogens is 1. The third-order valence-corrected chi connectivity index (χ3v) is 2.25. The maximum absolute atomic E-state index is 10.7. The van der Waals surface area contributed by atoms with Gasteiger partial charge in [0, 0.05) is 5.56 Å². The smallest absolute Gasteiger partial charge is 0.357 e. The van der Waals surface area contributed by atoms with Gasteiger partial charge in [0.2, 0.25) is 5.89 Å². The van der Waals surface area contributed by atoms with E-state index in [2.05, 4.69) is 4.98 Å². The molecular weight excluding hydrogens is 246 g/mol. The first-order valence-electron chi connectivity index (χ1n) is 5.83. The Labute approximate surface area is 110 Å². The van der Waals surface area contributed by atoms with E-state index in [-0.39, 0.29) is 17.2 Å². The van der Waals surface area contributed by atoms with Crippen molar-refractivity contribution in [1.82, 2.24) is 4.98 Å². The van der Waals surface area contributed by atoms with E-state index in [1.807, 2.05) is 20.8 Å². The highest BCUT2D eigenvalue weighted by molar-refractivity contribution is 5.85. The summed E-state index contributed by atoms with van der Waals surface area (Å²) in [5, 5.41) is 8.77. The lowest BCUT2D eigenvalue weighted by Crippen LogP contribution is -2.22. The fourth-order valence-electron chi connectivity index (χ4n) is 1.52. The highest BCUT2D eigenvalue weighted by atomic mass is 16.5. The summed E-state index contributed by atoms with van der Waals surface area (Å²) in [6.07, 6.45) is 1.12. The third kappa shape index (κ3) is 3.34. The number of carbonyl (C=O) groups is 1. The molecule has 5 nitrogen and oxygen atoms in total. The lowest BCUT2D eigenvalue weighted by Gasteiger charge is -2.21. The van der Waals surface area contributed by atoms with Gasteiger partial charge in [0.1, 0.15) is 17.6 Å². The number of hydrogen-bond acceptors (Lipinski definition) is 4. The monoisotopic (exact) mass is 261 g/mol.